The highest BCUT2D eigenvalue weighted by atomic mass is 16.2. The number of aromatic nitrogens is 2. The van der Waals surface area contributed by atoms with Gasteiger partial charge in [0.25, 0.3) is 0 Å². The highest BCUT2D eigenvalue weighted by Gasteiger charge is 2.50. The van der Waals surface area contributed by atoms with E-state index in [0.717, 1.165) is 37.7 Å². The second-order valence-corrected chi connectivity index (χ2v) is 7.61. The van der Waals surface area contributed by atoms with Crippen LogP contribution in [0.4, 0.5) is 5.69 Å². The van der Waals surface area contributed by atoms with Gasteiger partial charge in [-0.05, 0) is 25.2 Å². The normalized spacial score (nSPS) is 28.2. The summed E-state index contributed by atoms with van der Waals surface area (Å²) in [7, 11) is 1.85. The van der Waals surface area contributed by atoms with Crippen molar-refractivity contribution in [3.63, 3.8) is 0 Å². The molecule has 4 rings (SSSR count). The molecule has 1 saturated carbocycles. The van der Waals surface area contributed by atoms with Crippen molar-refractivity contribution in [2.24, 2.45) is 13.0 Å². The van der Waals surface area contributed by atoms with Gasteiger partial charge in [0.1, 0.15) is 6.54 Å². The molecule has 1 unspecified atom stereocenters. The minimum absolute atomic E-state index is 0.00228. The number of carbonyl (C=O) groups excluding carboxylic acids is 2. The molecule has 0 bridgehead atoms. The van der Waals surface area contributed by atoms with E-state index in [1.165, 1.54) is 12.8 Å². The van der Waals surface area contributed by atoms with E-state index in [4.69, 9.17) is 0 Å². The van der Waals surface area contributed by atoms with Crippen LogP contribution in [0.15, 0.2) is 12.4 Å². The SMILES string of the molecule is CC(=O)N1CC(=O)N(c2cnn(C)c2)CC12CCN(CC1CC1)C2. The average Bonchev–Trinajstić information content (AvgIpc) is 3.10. The van der Waals surface area contributed by atoms with Crippen LogP contribution in [0.1, 0.15) is 26.2 Å². The summed E-state index contributed by atoms with van der Waals surface area (Å²) < 4.78 is 1.71. The molecule has 1 aromatic rings. The Balaban J connectivity index is 1.59. The second-order valence-electron chi connectivity index (χ2n) is 7.61. The third-order valence-corrected chi connectivity index (χ3v) is 5.63. The van der Waals surface area contributed by atoms with E-state index in [1.807, 2.05) is 23.0 Å². The summed E-state index contributed by atoms with van der Waals surface area (Å²) in [5.41, 5.74) is 0.565. The van der Waals surface area contributed by atoms with Gasteiger partial charge in [0.2, 0.25) is 11.8 Å². The molecule has 3 heterocycles. The number of likely N-dealkylation sites (tertiary alicyclic amines) is 1. The van der Waals surface area contributed by atoms with E-state index in [-0.39, 0.29) is 23.9 Å². The van der Waals surface area contributed by atoms with Crippen LogP contribution in [-0.2, 0) is 16.6 Å². The van der Waals surface area contributed by atoms with Gasteiger partial charge in [-0.25, -0.2) is 0 Å². The lowest BCUT2D eigenvalue weighted by molar-refractivity contribution is -0.142. The van der Waals surface area contributed by atoms with Crippen molar-refractivity contribution in [3.05, 3.63) is 12.4 Å². The maximum Gasteiger partial charge on any atom is 0.246 e. The molecule has 3 fully saturated rings. The van der Waals surface area contributed by atoms with Crippen LogP contribution in [0.5, 0.6) is 0 Å². The lowest BCUT2D eigenvalue weighted by atomic mass is 9.92. The first-order chi connectivity index (χ1) is 11.5. The van der Waals surface area contributed by atoms with Crippen molar-refractivity contribution in [2.45, 2.75) is 31.7 Å². The average molecular weight is 331 g/mol. The van der Waals surface area contributed by atoms with Gasteiger partial charge in [-0.15, -0.1) is 0 Å². The van der Waals surface area contributed by atoms with Gasteiger partial charge < -0.3 is 14.7 Å². The molecule has 7 heteroatoms. The van der Waals surface area contributed by atoms with Gasteiger partial charge in [-0.3, -0.25) is 14.3 Å². The molecular weight excluding hydrogens is 306 g/mol. The fourth-order valence-corrected chi connectivity index (χ4v) is 4.20. The molecule has 0 aromatic carbocycles. The molecule has 1 aromatic heterocycles. The summed E-state index contributed by atoms with van der Waals surface area (Å²) in [6, 6.07) is 0. The second kappa shape index (κ2) is 5.58. The number of carbonyl (C=O) groups is 2. The largest absolute Gasteiger partial charge is 0.325 e. The Bertz CT molecular complexity index is 668. The minimum atomic E-state index is -0.259. The lowest BCUT2D eigenvalue weighted by Crippen LogP contribution is -2.66. The highest BCUT2D eigenvalue weighted by molar-refractivity contribution is 5.98. The van der Waals surface area contributed by atoms with Crippen molar-refractivity contribution in [3.8, 4) is 0 Å². The molecule has 2 saturated heterocycles. The number of hydrogen-bond acceptors (Lipinski definition) is 4. The van der Waals surface area contributed by atoms with Gasteiger partial charge in [-0.1, -0.05) is 0 Å². The van der Waals surface area contributed by atoms with Crippen molar-refractivity contribution in [1.82, 2.24) is 19.6 Å². The number of nitrogens with zero attached hydrogens (tertiary/aromatic N) is 5. The first-order valence-electron chi connectivity index (χ1n) is 8.76. The van der Waals surface area contributed by atoms with Crippen molar-refractivity contribution >= 4 is 17.5 Å². The molecule has 0 radical (unpaired) electrons. The summed E-state index contributed by atoms with van der Waals surface area (Å²) in [5, 5.41) is 4.19. The zero-order valence-electron chi connectivity index (χ0n) is 14.4. The topological polar surface area (TPSA) is 61.7 Å². The van der Waals surface area contributed by atoms with Crippen LogP contribution >= 0.6 is 0 Å². The fourth-order valence-electron chi connectivity index (χ4n) is 4.20. The number of aryl methyl sites for hydroxylation is 1. The minimum Gasteiger partial charge on any atom is -0.325 e. The van der Waals surface area contributed by atoms with Crippen molar-refractivity contribution in [1.29, 1.82) is 0 Å². The fraction of sp³-hybridized carbons (Fsp3) is 0.706. The van der Waals surface area contributed by atoms with Crippen molar-refractivity contribution < 1.29 is 9.59 Å². The number of amides is 2. The number of anilines is 1. The van der Waals surface area contributed by atoms with Gasteiger partial charge in [0, 0.05) is 39.8 Å². The Morgan fingerprint density at radius 2 is 2.17 bits per heavy atom. The van der Waals surface area contributed by atoms with Crippen LogP contribution in [-0.4, -0.2) is 69.7 Å². The van der Waals surface area contributed by atoms with E-state index in [0.29, 0.717) is 6.54 Å². The third kappa shape index (κ3) is 2.70. The van der Waals surface area contributed by atoms with Gasteiger partial charge in [0.05, 0.1) is 24.0 Å². The van der Waals surface area contributed by atoms with Crippen molar-refractivity contribution in [2.75, 3.05) is 37.6 Å². The maximum atomic E-state index is 12.6. The third-order valence-electron chi connectivity index (χ3n) is 5.63. The van der Waals surface area contributed by atoms with E-state index in [1.54, 1.807) is 17.8 Å². The Morgan fingerprint density at radius 3 is 2.79 bits per heavy atom. The summed E-state index contributed by atoms with van der Waals surface area (Å²) in [4.78, 5) is 30.9. The van der Waals surface area contributed by atoms with Crippen LogP contribution in [0.25, 0.3) is 0 Å². The summed E-state index contributed by atoms with van der Waals surface area (Å²) >= 11 is 0. The molecular formula is C17H25N5O2. The first kappa shape index (κ1) is 15.6. The Morgan fingerprint density at radius 1 is 1.38 bits per heavy atom. The molecule has 2 aliphatic heterocycles. The smallest absolute Gasteiger partial charge is 0.246 e. The molecule has 0 N–H and O–H groups in total. The summed E-state index contributed by atoms with van der Waals surface area (Å²) in [6.45, 7) is 5.33. The molecule has 2 amide bonds. The number of rotatable bonds is 3. The Kier molecular flexibility index (Phi) is 3.63. The van der Waals surface area contributed by atoms with Crippen LogP contribution < -0.4 is 4.90 Å². The molecule has 1 atom stereocenters. The zero-order valence-corrected chi connectivity index (χ0v) is 14.4. The molecule has 1 spiro atoms. The molecule has 1 aliphatic carbocycles. The maximum absolute atomic E-state index is 12.6. The summed E-state index contributed by atoms with van der Waals surface area (Å²) in [5.74, 6) is 0.817. The van der Waals surface area contributed by atoms with E-state index in [9.17, 15) is 9.59 Å². The lowest BCUT2D eigenvalue weighted by Gasteiger charge is -2.48. The Hall–Kier alpha value is -1.89. The monoisotopic (exact) mass is 331 g/mol. The van der Waals surface area contributed by atoms with Gasteiger partial charge >= 0.3 is 0 Å². The quantitative estimate of drug-likeness (QED) is 0.808. The summed E-state index contributed by atoms with van der Waals surface area (Å²) in [6.07, 6.45) is 7.20. The standard InChI is InChI=1S/C17H25N5O2/c1-13(23)22-10-16(24)21(15-7-18-19(2)9-15)12-17(22)5-6-20(11-17)8-14-3-4-14/h7,9,14H,3-6,8,10-12H2,1-2H3. The molecule has 130 valence electrons. The van der Waals surface area contributed by atoms with Crippen LogP contribution in [0, 0.1) is 5.92 Å². The van der Waals surface area contributed by atoms with E-state index < -0.39 is 0 Å². The van der Waals surface area contributed by atoms with E-state index >= 15 is 0 Å². The van der Waals surface area contributed by atoms with Crippen LogP contribution in [0.2, 0.25) is 0 Å². The van der Waals surface area contributed by atoms with E-state index in [2.05, 4.69) is 10.00 Å². The first-order valence-corrected chi connectivity index (χ1v) is 8.76. The van der Waals surface area contributed by atoms with Gasteiger partial charge in [0.15, 0.2) is 0 Å². The van der Waals surface area contributed by atoms with Crippen LogP contribution in [0.3, 0.4) is 0 Å². The predicted octanol–water partition coefficient (Wildman–Crippen LogP) is 0.470. The Labute approximate surface area is 142 Å². The molecule has 7 nitrogen and oxygen atoms in total. The van der Waals surface area contributed by atoms with Gasteiger partial charge in [-0.2, -0.15) is 5.10 Å². The molecule has 24 heavy (non-hydrogen) atoms. The number of piperazine rings is 1. The predicted molar refractivity (Wildman–Crippen MR) is 89.5 cm³/mol. The highest BCUT2D eigenvalue weighted by Crippen LogP contribution is 2.37. The zero-order chi connectivity index (χ0) is 16.9. The molecule has 3 aliphatic rings. The number of hydrogen-bond donors (Lipinski definition) is 0.